The quantitative estimate of drug-likeness (QED) is 0.389. The molecule has 0 spiro atoms. The van der Waals surface area contributed by atoms with Gasteiger partial charge in [0, 0.05) is 49.1 Å². The predicted octanol–water partition coefficient (Wildman–Crippen LogP) is 4.52. The van der Waals surface area contributed by atoms with E-state index in [9.17, 15) is 14.9 Å². The van der Waals surface area contributed by atoms with Gasteiger partial charge >= 0.3 is 6.09 Å². The fourth-order valence-corrected chi connectivity index (χ4v) is 3.84. The van der Waals surface area contributed by atoms with Gasteiger partial charge in [-0.2, -0.15) is 4.68 Å². The Bertz CT molecular complexity index is 1260. The van der Waals surface area contributed by atoms with E-state index < -0.39 is 16.6 Å². The highest BCUT2D eigenvalue weighted by atomic mass is 16.6. The van der Waals surface area contributed by atoms with Gasteiger partial charge in [0.1, 0.15) is 11.4 Å². The van der Waals surface area contributed by atoms with E-state index in [2.05, 4.69) is 15.3 Å². The van der Waals surface area contributed by atoms with Crippen molar-refractivity contribution in [3.63, 3.8) is 0 Å². The average molecular weight is 495 g/mol. The number of anilines is 2. The van der Waals surface area contributed by atoms with Gasteiger partial charge in [0.2, 0.25) is 0 Å². The maximum absolute atomic E-state index is 12.5. The summed E-state index contributed by atoms with van der Waals surface area (Å²) < 4.78 is 12.1. The lowest BCUT2D eigenvalue weighted by atomic mass is 10.1. The summed E-state index contributed by atoms with van der Waals surface area (Å²) in [6.45, 7) is 10.8. The number of non-ortho nitro benzene ring substituents is 1. The fraction of sp³-hybridized carbons (Fsp3) is 0.400. The minimum Gasteiger partial charge on any atom is -0.442 e. The average Bonchev–Trinajstić information content (AvgIpc) is 3.18. The fourth-order valence-electron chi connectivity index (χ4n) is 3.84. The van der Waals surface area contributed by atoms with Crippen LogP contribution in [0.2, 0.25) is 0 Å². The number of benzene rings is 1. The Morgan fingerprint density at radius 1 is 1.17 bits per heavy atom. The maximum atomic E-state index is 12.5. The molecule has 4 rings (SSSR count). The zero-order chi connectivity index (χ0) is 25.9. The van der Waals surface area contributed by atoms with Gasteiger partial charge in [-0.15, -0.1) is 5.10 Å². The number of carbonyl (C=O) groups is 1. The number of hydrogen-bond acceptors (Lipinski definition) is 9. The SMILES string of the molecule is Cc1cc(Nc2cc(CN3CCOCC3)cc(-c3cccc([N+](=O)[O-])c3)n2)nn1C(=O)OC(C)(C)C. The largest absolute Gasteiger partial charge is 0.442 e. The molecule has 0 bridgehead atoms. The van der Waals surface area contributed by atoms with Crippen LogP contribution in [-0.2, 0) is 16.0 Å². The number of nitro groups is 1. The Hall–Kier alpha value is -3.83. The summed E-state index contributed by atoms with van der Waals surface area (Å²) in [5.74, 6) is 0.940. The lowest BCUT2D eigenvalue weighted by Gasteiger charge is -2.26. The van der Waals surface area contributed by atoms with Crippen LogP contribution in [0.15, 0.2) is 42.5 Å². The van der Waals surface area contributed by atoms with Crippen molar-refractivity contribution in [2.45, 2.75) is 39.8 Å². The van der Waals surface area contributed by atoms with E-state index >= 15 is 0 Å². The number of pyridine rings is 1. The molecule has 0 radical (unpaired) electrons. The van der Waals surface area contributed by atoms with Gasteiger partial charge in [-0.3, -0.25) is 15.0 Å². The Kier molecular flexibility index (Phi) is 7.32. The molecular weight excluding hydrogens is 464 g/mol. The minimum atomic E-state index is -0.647. The van der Waals surface area contributed by atoms with Crippen LogP contribution in [0.1, 0.15) is 32.0 Å². The van der Waals surface area contributed by atoms with Crippen molar-refractivity contribution in [3.8, 4) is 11.3 Å². The molecule has 0 amide bonds. The van der Waals surface area contributed by atoms with Crippen LogP contribution in [0.5, 0.6) is 0 Å². The highest BCUT2D eigenvalue weighted by Crippen LogP contribution is 2.27. The van der Waals surface area contributed by atoms with Crippen molar-refractivity contribution < 1.29 is 19.2 Å². The first-order valence-corrected chi connectivity index (χ1v) is 11.7. The summed E-state index contributed by atoms with van der Waals surface area (Å²) >= 11 is 0. The highest BCUT2D eigenvalue weighted by Gasteiger charge is 2.21. The second kappa shape index (κ2) is 10.4. The Morgan fingerprint density at radius 3 is 2.61 bits per heavy atom. The van der Waals surface area contributed by atoms with E-state index in [0.29, 0.717) is 48.3 Å². The van der Waals surface area contributed by atoms with E-state index in [-0.39, 0.29) is 5.69 Å². The van der Waals surface area contributed by atoms with Crippen LogP contribution in [0.3, 0.4) is 0 Å². The monoisotopic (exact) mass is 494 g/mol. The van der Waals surface area contributed by atoms with Crippen molar-refractivity contribution in [3.05, 3.63) is 63.8 Å². The number of nitrogens with zero attached hydrogens (tertiary/aromatic N) is 5. The van der Waals surface area contributed by atoms with Crippen LogP contribution in [0, 0.1) is 17.0 Å². The van der Waals surface area contributed by atoms with Crippen molar-refractivity contribution in [2.24, 2.45) is 0 Å². The normalized spacial score (nSPS) is 14.4. The zero-order valence-corrected chi connectivity index (χ0v) is 20.9. The van der Waals surface area contributed by atoms with Gasteiger partial charge in [0.05, 0.1) is 23.8 Å². The second-order valence-electron chi connectivity index (χ2n) is 9.63. The molecule has 1 aromatic carbocycles. The van der Waals surface area contributed by atoms with Crippen molar-refractivity contribution in [2.75, 3.05) is 31.6 Å². The molecule has 3 aromatic rings. The van der Waals surface area contributed by atoms with Crippen molar-refractivity contribution >= 4 is 23.4 Å². The third-order valence-electron chi connectivity index (χ3n) is 5.46. The predicted molar refractivity (Wildman–Crippen MR) is 134 cm³/mol. The first kappa shape index (κ1) is 25.3. The van der Waals surface area contributed by atoms with E-state index in [1.807, 2.05) is 12.1 Å². The number of aromatic nitrogens is 3. The first-order chi connectivity index (χ1) is 17.1. The summed E-state index contributed by atoms with van der Waals surface area (Å²) in [5, 5.41) is 18.8. The molecule has 1 N–H and O–H groups in total. The number of ether oxygens (including phenoxy) is 2. The molecule has 1 aliphatic rings. The molecule has 3 heterocycles. The number of hydrogen-bond donors (Lipinski definition) is 1. The highest BCUT2D eigenvalue weighted by molar-refractivity contribution is 5.72. The number of rotatable bonds is 6. The lowest BCUT2D eigenvalue weighted by Crippen LogP contribution is -2.35. The van der Waals surface area contributed by atoms with Gasteiger partial charge in [0.15, 0.2) is 5.82 Å². The molecule has 1 aliphatic heterocycles. The summed E-state index contributed by atoms with van der Waals surface area (Å²) in [6.07, 6.45) is -0.570. The van der Waals surface area contributed by atoms with Gasteiger partial charge in [-0.05, 0) is 45.4 Å². The molecule has 190 valence electrons. The second-order valence-corrected chi connectivity index (χ2v) is 9.63. The molecule has 0 aliphatic carbocycles. The number of nitro benzene ring substituents is 1. The molecule has 0 atom stereocenters. The third kappa shape index (κ3) is 6.43. The maximum Gasteiger partial charge on any atom is 0.435 e. The van der Waals surface area contributed by atoms with Gasteiger partial charge in [0.25, 0.3) is 5.69 Å². The molecule has 1 saturated heterocycles. The van der Waals surface area contributed by atoms with E-state index in [1.165, 1.54) is 16.8 Å². The van der Waals surface area contributed by atoms with Crippen LogP contribution in [0.25, 0.3) is 11.3 Å². The molecule has 2 aromatic heterocycles. The standard InChI is InChI=1S/C25H30N6O5/c1-17-12-23(28-30(17)24(32)36-25(2,3)4)27-22-14-18(16-29-8-10-35-11-9-29)13-21(26-22)19-6-5-7-20(15-19)31(33)34/h5-7,12-15H,8-11,16H2,1-4H3,(H,26,27,28). The van der Waals surface area contributed by atoms with Crippen molar-refractivity contribution in [1.29, 1.82) is 0 Å². The van der Waals surface area contributed by atoms with E-state index in [0.717, 1.165) is 18.7 Å². The van der Waals surface area contributed by atoms with Gasteiger partial charge < -0.3 is 14.8 Å². The number of morpholine rings is 1. The lowest BCUT2D eigenvalue weighted by molar-refractivity contribution is -0.384. The molecule has 0 unspecified atom stereocenters. The Balaban J connectivity index is 1.65. The molecule has 0 saturated carbocycles. The minimum absolute atomic E-state index is 0.00544. The topological polar surface area (TPSA) is 125 Å². The number of aryl methyl sites for hydroxylation is 1. The van der Waals surface area contributed by atoms with E-state index in [1.54, 1.807) is 45.9 Å². The van der Waals surface area contributed by atoms with Gasteiger partial charge in [-0.25, -0.2) is 9.78 Å². The summed E-state index contributed by atoms with van der Waals surface area (Å²) in [7, 11) is 0. The number of nitrogens with one attached hydrogen (secondary N) is 1. The van der Waals surface area contributed by atoms with Crippen LogP contribution in [0.4, 0.5) is 22.1 Å². The molecule has 11 nitrogen and oxygen atoms in total. The Labute approximate surface area is 209 Å². The third-order valence-corrected chi connectivity index (χ3v) is 5.46. The van der Waals surface area contributed by atoms with Gasteiger partial charge in [-0.1, -0.05) is 12.1 Å². The summed E-state index contributed by atoms with van der Waals surface area (Å²) in [6, 6.07) is 12.0. The number of carbonyl (C=O) groups excluding carboxylic acids is 1. The van der Waals surface area contributed by atoms with Crippen LogP contribution in [-0.4, -0.2) is 62.6 Å². The van der Waals surface area contributed by atoms with Crippen LogP contribution < -0.4 is 5.32 Å². The molecule has 11 heteroatoms. The summed E-state index contributed by atoms with van der Waals surface area (Å²) in [4.78, 5) is 30.4. The smallest absolute Gasteiger partial charge is 0.435 e. The first-order valence-electron chi connectivity index (χ1n) is 11.7. The van der Waals surface area contributed by atoms with Crippen molar-refractivity contribution in [1.82, 2.24) is 19.7 Å². The van der Waals surface area contributed by atoms with E-state index in [4.69, 9.17) is 14.5 Å². The molecule has 1 fully saturated rings. The molecular formula is C25H30N6O5. The zero-order valence-electron chi connectivity index (χ0n) is 20.9. The Morgan fingerprint density at radius 2 is 1.92 bits per heavy atom. The summed E-state index contributed by atoms with van der Waals surface area (Å²) in [5.41, 5.74) is 2.16. The molecule has 36 heavy (non-hydrogen) atoms. The van der Waals surface area contributed by atoms with Crippen LogP contribution >= 0.6 is 0 Å².